The molecule has 12 heavy (non-hydrogen) atoms. The molecule has 0 fully saturated rings. The molecule has 1 heterocycles. The minimum atomic E-state index is -0.972. The summed E-state index contributed by atoms with van der Waals surface area (Å²) < 4.78 is 13.3. The molecule has 1 aromatic rings. The molecular formula is C7H10FN3O. The number of aromatic nitrogens is 2. The van der Waals surface area contributed by atoms with Crippen molar-refractivity contribution in [2.45, 2.75) is 6.54 Å². The predicted octanol–water partition coefficient (Wildman–Crippen LogP) is 0.00580. The standard InChI is InChI=1S/C7H10FN3O/c1-11-5-6(4-10-11)3-9-7(12)2-8/h4-5H,2-3H2,1H3,(H,9,12). The Balaban J connectivity index is 2.38. The number of halogens is 1. The van der Waals surface area contributed by atoms with Crippen molar-refractivity contribution in [3.63, 3.8) is 0 Å². The van der Waals surface area contributed by atoms with E-state index in [1.165, 1.54) is 0 Å². The molecule has 0 unspecified atom stereocenters. The molecule has 0 aliphatic carbocycles. The van der Waals surface area contributed by atoms with E-state index in [0.717, 1.165) is 5.56 Å². The quantitative estimate of drug-likeness (QED) is 0.696. The van der Waals surface area contributed by atoms with Crippen LogP contribution in [0, 0.1) is 0 Å². The van der Waals surface area contributed by atoms with Crippen molar-refractivity contribution in [2.75, 3.05) is 6.67 Å². The first-order chi connectivity index (χ1) is 5.72. The maximum absolute atomic E-state index is 11.7. The lowest BCUT2D eigenvalue weighted by Gasteiger charge is -1.97. The van der Waals surface area contributed by atoms with Gasteiger partial charge >= 0.3 is 0 Å². The van der Waals surface area contributed by atoms with Crippen molar-refractivity contribution in [3.8, 4) is 0 Å². The fraction of sp³-hybridized carbons (Fsp3) is 0.429. The SMILES string of the molecule is Cn1cc(CNC(=O)CF)cn1. The molecule has 66 valence electrons. The molecule has 0 atom stereocenters. The van der Waals surface area contributed by atoms with Gasteiger partial charge in [-0.1, -0.05) is 0 Å². The van der Waals surface area contributed by atoms with Crippen molar-refractivity contribution < 1.29 is 9.18 Å². The lowest BCUT2D eigenvalue weighted by Crippen LogP contribution is -2.23. The van der Waals surface area contributed by atoms with Gasteiger partial charge in [0.1, 0.15) is 0 Å². The van der Waals surface area contributed by atoms with Gasteiger partial charge in [0.25, 0.3) is 5.91 Å². The zero-order valence-electron chi connectivity index (χ0n) is 6.75. The second kappa shape index (κ2) is 3.85. The zero-order chi connectivity index (χ0) is 8.97. The summed E-state index contributed by atoms with van der Waals surface area (Å²) in [5.74, 6) is -0.598. The molecule has 0 bridgehead atoms. The van der Waals surface area contributed by atoms with Crippen LogP contribution in [0.2, 0.25) is 0 Å². The van der Waals surface area contributed by atoms with Crippen LogP contribution in [0.3, 0.4) is 0 Å². The summed E-state index contributed by atoms with van der Waals surface area (Å²) in [4.78, 5) is 10.5. The number of nitrogens with one attached hydrogen (secondary N) is 1. The fourth-order valence-electron chi connectivity index (χ4n) is 0.811. The van der Waals surface area contributed by atoms with E-state index in [0.29, 0.717) is 6.54 Å². The second-order valence-electron chi connectivity index (χ2n) is 2.43. The third kappa shape index (κ3) is 2.34. The van der Waals surface area contributed by atoms with Gasteiger partial charge in [0.05, 0.1) is 6.20 Å². The van der Waals surface area contributed by atoms with E-state index in [2.05, 4.69) is 10.4 Å². The number of amides is 1. The van der Waals surface area contributed by atoms with Gasteiger partial charge in [-0.25, -0.2) is 4.39 Å². The lowest BCUT2D eigenvalue weighted by molar-refractivity contribution is -0.122. The van der Waals surface area contributed by atoms with Crippen LogP contribution in [0.1, 0.15) is 5.56 Å². The average Bonchev–Trinajstić information content (AvgIpc) is 2.47. The van der Waals surface area contributed by atoms with E-state index >= 15 is 0 Å². The van der Waals surface area contributed by atoms with Crippen LogP contribution in [0.4, 0.5) is 4.39 Å². The molecule has 1 rings (SSSR count). The Bertz CT molecular complexity index is 271. The molecule has 1 N–H and O–H groups in total. The number of alkyl halides is 1. The van der Waals surface area contributed by atoms with Crippen molar-refractivity contribution in [3.05, 3.63) is 18.0 Å². The van der Waals surface area contributed by atoms with Gasteiger partial charge in [-0.05, 0) is 0 Å². The maximum atomic E-state index is 11.7. The highest BCUT2D eigenvalue weighted by molar-refractivity contribution is 5.76. The third-order valence-corrected chi connectivity index (χ3v) is 1.37. The van der Waals surface area contributed by atoms with Crippen LogP contribution in [0.25, 0.3) is 0 Å². The third-order valence-electron chi connectivity index (χ3n) is 1.37. The molecule has 0 radical (unpaired) electrons. The van der Waals surface area contributed by atoms with Crippen molar-refractivity contribution >= 4 is 5.91 Å². The van der Waals surface area contributed by atoms with Gasteiger partial charge in [0.15, 0.2) is 6.67 Å². The monoisotopic (exact) mass is 171 g/mol. The molecule has 0 spiro atoms. The predicted molar refractivity (Wildman–Crippen MR) is 41.0 cm³/mol. The Morgan fingerprint density at radius 3 is 3.08 bits per heavy atom. The topological polar surface area (TPSA) is 46.9 Å². The molecule has 1 amide bonds. The minimum Gasteiger partial charge on any atom is -0.350 e. The van der Waals surface area contributed by atoms with Gasteiger partial charge in [-0.3, -0.25) is 9.48 Å². The number of hydrogen-bond acceptors (Lipinski definition) is 2. The highest BCUT2D eigenvalue weighted by atomic mass is 19.1. The number of rotatable bonds is 3. The highest BCUT2D eigenvalue weighted by Gasteiger charge is 2.00. The number of aryl methyl sites for hydroxylation is 1. The molecule has 0 aliphatic heterocycles. The van der Waals surface area contributed by atoms with Crippen molar-refractivity contribution in [1.29, 1.82) is 0 Å². The van der Waals surface area contributed by atoms with E-state index in [1.54, 1.807) is 24.1 Å². The summed E-state index contributed by atoms with van der Waals surface area (Å²) in [5.41, 5.74) is 0.860. The van der Waals surface area contributed by atoms with E-state index in [-0.39, 0.29) is 0 Å². The average molecular weight is 171 g/mol. The summed E-state index contributed by atoms with van der Waals surface area (Å²) in [7, 11) is 1.78. The minimum absolute atomic E-state index is 0.330. The van der Waals surface area contributed by atoms with Crippen LogP contribution in [-0.2, 0) is 18.4 Å². The number of hydrogen-bond donors (Lipinski definition) is 1. The smallest absolute Gasteiger partial charge is 0.251 e. The first-order valence-corrected chi connectivity index (χ1v) is 3.52. The summed E-state index contributed by atoms with van der Waals surface area (Å²) in [6.07, 6.45) is 3.39. The van der Waals surface area contributed by atoms with Crippen molar-refractivity contribution in [2.24, 2.45) is 7.05 Å². The molecule has 0 saturated heterocycles. The molecule has 4 nitrogen and oxygen atoms in total. The van der Waals surface area contributed by atoms with Gasteiger partial charge in [-0.2, -0.15) is 5.10 Å². The van der Waals surface area contributed by atoms with E-state index < -0.39 is 12.6 Å². The zero-order valence-corrected chi connectivity index (χ0v) is 6.75. The Hall–Kier alpha value is -1.39. The normalized spacial score (nSPS) is 9.83. The van der Waals surface area contributed by atoms with Gasteiger partial charge < -0.3 is 5.32 Å². The van der Waals surface area contributed by atoms with Crippen LogP contribution >= 0.6 is 0 Å². The number of nitrogens with zero attached hydrogens (tertiary/aromatic N) is 2. The van der Waals surface area contributed by atoms with Crippen LogP contribution in [-0.4, -0.2) is 22.4 Å². The summed E-state index contributed by atoms with van der Waals surface area (Å²) in [6, 6.07) is 0. The number of carbonyl (C=O) groups excluding carboxylic acids is 1. The fourth-order valence-corrected chi connectivity index (χ4v) is 0.811. The molecule has 0 saturated carbocycles. The summed E-state index contributed by atoms with van der Waals surface area (Å²) >= 11 is 0. The molecule has 5 heteroatoms. The first-order valence-electron chi connectivity index (χ1n) is 3.52. The van der Waals surface area contributed by atoms with Crippen molar-refractivity contribution in [1.82, 2.24) is 15.1 Å². The van der Waals surface area contributed by atoms with E-state index in [9.17, 15) is 9.18 Å². The van der Waals surface area contributed by atoms with Gasteiger partial charge in [0, 0.05) is 25.4 Å². The van der Waals surface area contributed by atoms with Gasteiger partial charge in [-0.15, -0.1) is 0 Å². The Morgan fingerprint density at radius 1 is 1.83 bits per heavy atom. The van der Waals surface area contributed by atoms with E-state index in [1.807, 2.05) is 0 Å². The lowest BCUT2D eigenvalue weighted by atomic mass is 10.3. The molecular weight excluding hydrogens is 161 g/mol. The highest BCUT2D eigenvalue weighted by Crippen LogP contribution is 1.94. The summed E-state index contributed by atoms with van der Waals surface area (Å²) in [5, 5.41) is 6.29. The van der Waals surface area contributed by atoms with E-state index in [4.69, 9.17) is 0 Å². The molecule has 1 aromatic heterocycles. The van der Waals surface area contributed by atoms with Crippen LogP contribution in [0.15, 0.2) is 12.4 Å². The summed E-state index contributed by atoms with van der Waals surface area (Å²) in [6.45, 7) is -0.642. The van der Waals surface area contributed by atoms with Gasteiger partial charge in [0.2, 0.25) is 0 Å². The Morgan fingerprint density at radius 2 is 2.58 bits per heavy atom. The molecule has 0 aromatic carbocycles. The van der Waals surface area contributed by atoms with Crippen LogP contribution in [0.5, 0.6) is 0 Å². The number of carbonyl (C=O) groups is 1. The van der Waals surface area contributed by atoms with Crippen LogP contribution < -0.4 is 5.32 Å². The maximum Gasteiger partial charge on any atom is 0.251 e. The molecule has 0 aliphatic rings. The largest absolute Gasteiger partial charge is 0.350 e. The Labute approximate surface area is 69.4 Å². The second-order valence-corrected chi connectivity index (χ2v) is 2.43. The Kier molecular flexibility index (Phi) is 2.79. The first kappa shape index (κ1) is 8.70.